The van der Waals surface area contributed by atoms with Gasteiger partial charge in [0, 0.05) is 18.7 Å². The molecule has 0 bridgehead atoms. The fraction of sp³-hybridized carbons (Fsp3) is 0.333. The van der Waals surface area contributed by atoms with Crippen molar-refractivity contribution in [3.05, 3.63) is 35.9 Å². The van der Waals surface area contributed by atoms with E-state index >= 15 is 0 Å². The van der Waals surface area contributed by atoms with E-state index in [1.165, 1.54) is 0 Å². The molecule has 1 saturated heterocycles. The quantitative estimate of drug-likeness (QED) is 0.764. The highest BCUT2D eigenvalue weighted by atomic mass is 32.1. The Morgan fingerprint density at radius 1 is 1.22 bits per heavy atom. The number of rotatable bonds is 2. The number of nitrogens with one attached hydrogen (secondary N) is 2. The summed E-state index contributed by atoms with van der Waals surface area (Å²) in [6.45, 7) is 2.84. The maximum atomic E-state index is 11.8. The Morgan fingerprint density at radius 2 is 1.89 bits per heavy atom. The number of nitrogens with zero attached hydrogens (tertiary/aromatic N) is 1. The molecule has 1 aliphatic rings. The molecule has 1 aromatic carbocycles. The van der Waals surface area contributed by atoms with Gasteiger partial charge in [0.2, 0.25) is 0 Å². The predicted molar refractivity (Wildman–Crippen MR) is 72.0 cm³/mol. The normalized spacial score (nSPS) is 16.0. The van der Waals surface area contributed by atoms with Gasteiger partial charge in [-0.25, -0.2) is 5.01 Å². The van der Waals surface area contributed by atoms with Crippen LogP contribution >= 0.6 is 12.2 Å². The van der Waals surface area contributed by atoms with E-state index < -0.39 is 0 Å². The molecule has 5 nitrogen and oxygen atoms in total. The van der Waals surface area contributed by atoms with Gasteiger partial charge in [0.25, 0.3) is 5.91 Å². The first-order valence-corrected chi connectivity index (χ1v) is 6.16. The van der Waals surface area contributed by atoms with E-state index in [1.807, 2.05) is 23.2 Å². The first-order chi connectivity index (χ1) is 8.75. The molecular weight excluding hydrogens is 250 g/mol. The summed E-state index contributed by atoms with van der Waals surface area (Å²) in [5.41, 5.74) is 3.56. The molecule has 0 aromatic heterocycles. The number of hydrogen-bond acceptors (Lipinski definition) is 4. The van der Waals surface area contributed by atoms with Crippen molar-refractivity contribution in [2.45, 2.75) is 0 Å². The molecular formula is C12H15N3O2S. The summed E-state index contributed by atoms with van der Waals surface area (Å²) in [5, 5.41) is 4.88. The molecule has 6 heteroatoms. The molecule has 1 aliphatic heterocycles. The lowest BCUT2D eigenvalue weighted by Crippen LogP contribution is -2.52. The highest BCUT2D eigenvalue weighted by molar-refractivity contribution is 7.80. The van der Waals surface area contributed by atoms with Crippen LogP contribution in [0.15, 0.2) is 30.3 Å². The number of hydrazine groups is 1. The second-order valence-corrected chi connectivity index (χ2v) is 4.27. The van der Waals surface area contributed by atoms with Crippen molar-refractivity contribution in [3.63, 3.8) is 0 Å². The van der Waals surface area contributed by atoms with Gasteiger partial charge < -0.3 is 4.74 Å². The van der Waals surface area contributed by atoms with Crippen LogP contribution in [0.3, 0.4) is 0 Å². The van der Waals surface area contributed by atoms with Gasteiger partial charge >= 0.3 is 0 Å². The SMILES string of the molecule is O=C(NC(=S)NN1CCOCC1)c1ccccc1. The van der Waals surface area contributed by atoms with Crippen LogP contribution < -0.4 is 10.7 Å². The molecule has 0 saturated carbocycles. The standard InChI is InChI=1S/C12H15N3O2S/c16-11(10-4-2-1-3-5-10)13-12(18)14-15-6-8-17-9-7-15/h1-5H,6-9H2,(H2,13,14,16,18). The largest absolute Gasteiger partial charge is 0.379 e. The Balaban J connectivity index is 1.82. The third kappa shape index (κ3) is 3.76. The molecule has 1 amide bonds. The van der Waals surface area contributed by atoms with Gasteiger partial charge in [0.05, 0.1) is 13.2 Å². The van der Waals surface area contributed by atoms with Gasteiger partial charge in [-0.1, -0.05) is 18.2 Å². The summed E-state index contributed by atoms with van der Waals surface area (Å²) in [4.78, 5) is 11.8. The minimum atomic E-state index is -0.207. The zero-order valence-corrected chi connectivity index (χ0v) is 10.7. The van der Waals surface area contributed by atoms with E-state index in [4.69, 9.17) is 17.0 Å². The summed E-state index contributed by atoms with van der Waals surface area (Å²) in [7, 11) is 0. The van der Waals surface area contributed by atoms with Crippen LogP contribution in [-0.2, 0) is 4.74 Å². The lowest BCUT2D eigenvalue weighted by molar-refractivity contribution is 0.0247. The van der Waals surface area contributed by atoms with Crippen molar-refractivity contribution in [1.29, 1.82) is 0 Å². The number of amides is 1. The molecule has 1 heterocycles. The molecule has 1 fully saturated rings. The lowest BCUT2D eigenvalue weighted by atomic mass is 10.2. The van der Waals surface area contributed by atoms with Gasteiger partial charge in [0.1, 0.15) is 0 Å². The average molecular weight is 265 g/mol. The molecule has 18 heavy (non-hydrogen) atoms. The maximum absolute atomic E-state index is 11.8. The zero-order chi connectivity index (χ0) is 12.8. The van der Waals surface area contributed by atoms with Crippen LogP contribution in [0.4, 0.5) is 0 Å². The molecule has 0 radical (unpaired) electrons. The van der Waals surface area contributed by atoms with E-state index in [9.17, 15) is 4.79 Å². The predicted octanol–water partition coefficient (Wildman–Crippen LogP) is 0.538. The smallest absolute Gasteiger partial charge is 0.257 e. The first kappa shape index (κ1) is 12.9. The van der Waals surface area contributed by atoms with Crippen molar-refractivity contribution >= 4 is 23.2 Å². The number of morpholine rings is 1. The van der Waals surface area contributed by atoms with Gasteiger partial charge in [-0.15, -0.1) is 0 Å². The summed E-state index contributed by atoms with van der Waals surface area (Å²) in [5.74, 6) is -0.207. The van der Waals surface area contributed by atoms with E-state index in [-0.39, 0.29) is 5.91 Å². The second kappa shape index (κ2) is 6.44. The number of carbonyl (C=O) groups is 1. The molecule has 1 aromatic rings. The molecule has 0 atom stereocenters. The second-order valence-electron chi connectivity index (χ2n) is 3.86. The van der Waals surface area contributed by atoms with Gasteiger partial charge in [0.15, 0.2) is 5.11 Å². The van der Waals surface area contributed by atoms with Crippen LogP contribution in [-0.4, -0.2) is 42.3 Å². The van der Waals surface area contributed by atoms with Crippen molar-refractivity contribution in [3.8, 4) is 0 Å². The number of hydrogen-bond donors (Lipinski definition) is 2. The topological polar surface area (TPSA) is 53.6 Å². The van der Waals surface area contributed by atoms with Crippen LogP contribution in [0.5, 0.6) is 0 Å². The maximum Gasteiger partial charge on any atom is 0.257 e. The Hall–Kier alpha value is -1.50. The Bertz CT molecular complexity index is 419. The van der Waals surface area contributed by atoms with Crippen LogP contribution in [0.2, 0.25) is 0 Å². The lowest BCUT2D eigenvalue weighted by Gasteiger charge is -2.27. The third-order valence-electron chi connectivity index (χ3n) is 2.53. The monoisotopic (exact) mass is 265 g/mol. The van der Waals surface area contributed by atoms with Crippen LogP contribution in [0.25, 0.3) is 0 Å². The first-order valence-electron chi connectivity index (χ1n) is 5.75. The highest BCUT2D eigenvalue weighted by Crippen LogP contribution is 1.98. The molecule has 0 unspecified atom stereocenters. The number of ether oxygens (including phenoxy) is 1. The van der Waals surface area contributed by atoms with Gasteiger partial charge in [-0.3, -0.25) is 15.5 Å². The summed E-state index contributed by atoms with van der Waals surface area (Å²) >= 11 is 5.09. The van der Waals surface area contributed by atoms with Crippen molar-refractivity contribution in [2.75, 3.05) is 26.3 Å². The Kier molecular flexibility index (Phi) is 4.63. The Morgan fingerprint density at radius 3 is 2.56 bits per heavy atom. The fourth-order valence-corrected chi connectivity index (χ4v) is 1.83. The van der Waals surface area contributed by atoms with E-state index in [1.54, 1.807) is 12.1 Å². The number of carbonyl (C=O) groups excluding carboxylic acids is 1. The minimum Gasteiger partial charge on any atom is -0.379 e. The van der Waals surface area contributed by atoms with Crippen molar-refractivity contribution < 1.29 is 9.53 Å². The van der Waals surface area contributed by atoms with E-state index in [0.29, 0.717) is 23.9 Å². The average Bonchev–Trinajstić information content (AvgIpc) is 2.40. The highest BCUT2D eigenvalue weighted by Gasteiger charge is 2.13. The Labute approximate surface area is 111 Å². The van der Waals surface area contributed by atoms with Crippen molar-refractivity contribution in [2.24, 2.45) is 0 Å². The van der Waals surface area contributed by atoms with Gasteiger partial charge in [-0.2, -0.15) is 0 Å². The number of thiocarbonyl (C=S) groups is 1. The summed E-state index contributed by atoms with van der Waals surface area (Å²) < 4.78 is 5.22. The molecule has 0 aliphatic carbocycles. The minimum absolute atomic E-state index is 0.207. The van der Waals surface area contributed by atoms with Crippen LogP contribution in [0.1, 0.15) is 10.4 Å². The zero-order valence-electron chi connectivity index (χ0n) is 9.89. The molecule has 96 valence electrons. The van der Waals surface area contributed by atoms with E-state index in [2.05, 4.69) is 10.7 Å². The third-order valence-corrected chi connectivity index (χ3v) is 2.73. The molecule has 0 spiro atoms. The van der Waals surface area contributed by atoms with Gasteiger partial charge in [-0.05, 0) is 24.4 Å². The number of benzene rings is 1. The summed E-state index contributed by atoms with van der Waals surface area (Å²) in [6.07, 6.45) is 0. The van der Waals surface area contributed by atoms with E-state index in [0.717, 1.165) is 13.1 Å². The van der Waals surface area contributed by atoms with Crippen LogP contribution in [0, 0.1) is 0 Å². The fourth-order valence-electron chi connectivity index (χ4n) is 1.61. The summed E-state index contributed by atoms with van der Waals surface area (Å²) in [6, 6.07) is 8.97. The molecule has 2 N–H and O–H groups in total. The molecule has 2 rings (SSSR count). The van der Waals surface area contributed by atoms with Crippen molar-refractivity contribution in [1.82, 2.24) is 15.8 Å².